The number of carbonyl (C=O) groups is 2. The molecule has 0 bridgehead atoms. The van der Waals surface area contributed by atoms with Crippen LogP contribution in [0, 0.1) is 0 Å². The van der Waals surface area contributed by atoms with Gasteiger partial charge in [-0.1, -0.05) is 42.5 Å². The fraction of sp³-hybridized carbons (Fsp3) is 0.294. The lowest BCUT2D eigenvalue weighted by atomic mass is 9.91. The van der Waals surface area contributed by atoms with Crippen molar-refractivity contribution in [3.63, 3.8) is 0 Å². The lowest BCUT2D eigenvalue weighted by Crippen LogP contribution is -2.46. The van der Waals surface area contributed by atoms with E-state index in [1.165, 1.54) is 4.90 Å². The van der Waals surface area contributed by atoms with Crippen molar-refractivity contribution < 1.29 is 9.59 Å². The Bertz CT molecular complexity index is 744. The first kappa shape index (κ1) is 14.5. The maximum atomic E-state index is 12.5. The molecule has 0 aromatic heterocycles. The molecule has 22 heavy (non-hydrogen) atoms. The van der Waals surface area contributed by atoms with Gasteiger partial charge in [0.15, 0.2) is 0 Å². The van der Waals surface area contributed by atoms with E-state index in [0.29, 0.717) is 6.42 Å². The van der Waals surface area contributed by atoms with E-state index in [4.69, 9.17) is 0 Å². The number of hydrogen-bond donors (Lipinski definition) is 2. The molecule has 1 aliphatic rings. The van der Waals surface area contributed by atoms with Crippen molar-refractivity contribution in [1.29, 1.82) is 0 Å². The predicted octanol–water partition coefficient (Wildman–Crippen LogP) is 1.87. The van der Waals surface area contributed by atoms with Crippen LogP contribution in [0.1, 0.15) is 12.5 Å². The van der Waals surface area contributed by atoms with Crippen LogP contribution < -0.4 is 10.6 Å². The van der Waals surface area contributed by atoms with Crippen molar-refractivity contribution in [3.8, 4) is 0 Å². The van der Waals surface area contributed by atoms with E-state index in [-0.39, 0.29) is 18.6 Å². The van der Waals surface area contributed by atoms with Crippen LogP contribution in [0.4, 0.5) is 4.79 Å². The van der Waals surface area contributed by atoms with E-state index in [1.807, 2.05) is 30.3 Å². The predicted molar refractivity (Wildman–Crippen MR) is 85.4 cm³/mol. The van der Waals surface area contributed by atoms with Crippen LogP contribution in [0.15, 0.2) is 42.5 Å². The molecular formula is C17H19N3O2. The van der Waals surface area contributed by atoms with Crippen molar-refractivity contribution in [2.24, 2.45) is 0 Å². The van der Waals surface area contributed by atoms with Crippen LogP contribution in [-0.2, 0) is 11.2 Å². The molecule has 0 aliphatic carbocycles. The fourth-order valence-electron chi connectivity index (χ4n) is 2.93. The van der Waals surface area contributed by atoms with Gasteiger partial charge in [0.25, 0.3) is 5.91 Å². The molecule has 0 saturated carbocycles. The van der Waals surface area contributed by atoms with Crippen LogP contribution in [0.3, 0.4) is 0 Å². The summed E-state index contributed by atoms with van der Waals surface area (Å²) in [6.07, 6.45) is 0.475. The molecule has 2 N–H and O–H groups in total. The Morgan fingerprint density at radius 1 is 1.14 bits per heavy atom. The first-order valence-electron chi connectivity index (χ1n) is 7.30. The van der Waals surface area contributed by atoms with Crippen molar-refractivity contribution in [2.75, 3.05) is 13.7 Å². The third-order valence-electron chi connectivity index (χ3n) is 4.03. The summed E-state index contributed by atoms with van der Waals surface area (Å²) in [5.74, 6) is -0.194. The number of rotatable bonds is 4. The molecule has 1 aliphatic heterocycles. The summed E-state index contributed by atoms with van der Waals surface area (Å²) in [7, 11) is 1.71. The molecule has 114 valence electrons. The number of benzene rings is 2. The maximum absolute atomic E-state index is 12.5. The Morgan fingerprint density at radius 3 is 2.59 bits per heavy atom. The summed E-state index contributed by atoms with van der Waals surface area (Å²) < 4.78 is 0. The fourth-order valence-corrected chi connectivity index (χ4v) is 2.93. The van der Waals surface area contributed by atoms with E-state index in [0.717, 1.165) is 16.3 Å². The molecule has 1 atom stereocenters. The average molecular weight is 297 g/mol. The van der Waals surface area contributed by atoms with Crippen LogP contribution in [0.5, 0.6) is 0 Å². The zero-order valence-corrected chi connectivity index (χ0v) is 12.7. The SMILES string of the molecule is CNCN1C(=O)NC(C)(Cc2ccc3ccccc3c2)C1=O. The molecular weight excluding hydrogens is 278 g/mol. The monoisotopic (exact) mass is 297 g/mol. The third kappa shape index (κ3) is 2.44. The van der Waals surface area contributed by atoms with E-state index < -0.39 is 5.54 Å². The number of nitrogens with one attached hydrogen (secondary N) is 2. The van der Waals surface area contributed by atoms with Gasteiger partial charge in [0.2, 0.25) is 0 Å². The van der Waals surface area contributed by atoms with Crippen LogP contribution in [0.2, 0.25) is 0 Å². The topological polar surface area (TPSA) is 61.4 Å². The standard InChI is InChI=1S/C17H19N3O2/c1-17(15(21)20(11-18-2)16(22)19-17)10-12-7-8-13-5-3-4-6-14(13)9-12/h3-9,18H,10-11H2,1-2H3,(H,19,22). The van der Waals surface area contributed by atoms with Crippen molar-refractivity contribution >= 4 is 22.7 Å². The maximum Gasteiger partial charge on any atom is 0.326 e. The number of nitrogens with zero attached hydrogens (tertiary/aromatic N) is 1. The minimum absolute atomic E-state index is 0.194. The number of carbonyl (C=O) groups excluding carboxylic acids is 2. The smallest absolute Gasteiger partial charge is 0.323 e. The number of imide groups is 1. The van der Waals surface area contributed by atoms with E-state index in [9.17, 15) is 9.59 Å². The van der Waals surface area contributed by atoms with Crippen LogP contribution in [-0.4, -0.2) is 36.1 Å². The number of amides is 3. The van der Waals surface area contributed by atoms with Gasteiger partial charge in [0.1, 0.15) is 5.54 Å². The highest BCUT2D eigenvalue weighted by Gasteiger charge is 2.47. The molecule has 2 aromatic rings. The Labute approximate surface area is 129 Å². The van der Waals surface area contributed by atoms with Gasteiger partial charge in [-0.15, -0.1) is 0 Å². The van der Waals surface area contributed by atoms with E-state index in [1.54, 1.807) is 14.0 Å². The summed E-state index contributed by atoms with van der Waals surface area (Å²) in [6, 6.07) is 13.9. The Kier molecular flexibility index (Phi) is 3.58. The van der Waals surface area contributed by atoms with Gasteiger partial charge < -0.3 is 10.6 Å². The Morgan fingerprint density at radius 2 is 1.86 bits per heavy atom. The summed E-state index contributed by atoms with van der Waals surface area (Å²) >= 11 is 0. The summed E-state index contributed by atoms with van der Waals surface area (Å²) in [6.45, 7) is 2.00. The molecule has 0 radical (unpaired) electrons. The second-order valence-electron chi connectivity index (χ2n) is 5.87. The van der Waals surface area contributed by atoms with Gasteiger partial charge in [-0.3, -0.25) is 4.79 Å². The molecule has 2 aromatic carbocycles. The second-order valence-corrected chi connectivity index (χ2v) is 5.87. The van der Waals surface area contributed by atoms with Gasteiger partial charge in [-0.25, -0.2) is 9.69 Å². The van der Waals surface area contributed by atoms with Gasteiger partial charge >= 0.3 is 6.03 Å². The molecule has 1 fully saturated rings. The van der Waals surface area contributed by atoms with Gasteiger partial charge in [0.05, 0.1) is 6.67 Å². The summed E-state index contributed by atoms with van der Waals surface area (Å²) in [4.78, 5) is 25.7. The second kappa shape index (κ2) is 5.42. The molecule has 5 nitrogen and oxygen atoms in total. The molecule has 1 unspecified atom stereocenters. The quantitative estimate of drug-likeness (QED) is 0.847. The third-order valence-corrected chi connectivity index (χ3v) is 4.03. The molecule has 3 amide bonds. The van der Waals surface area contributed by atoms with Crippen molar-refractivity contribution in [3.05, 3.63) is 48.0 Å². The van der Waals surface area contributed by atoms with E-state index >= 15 is 0 Å². The highest BCUT2D eigenvalue weighted by atomic mass is 16.2. The minimum atomic E-state index is -0.892. The zero-order valence-electron chi connectivity index (χ0n) is 12.7. The lowest BCUT2D eigenvalue weighted by Gasteiger charge is -2.22. The summed E-state index contributed by atoms with van der Waals surface area (Å²) in [5, 5.41) is 7.94. The minimum Gasteiger partial charge on any atom is -0.323 e. The lowest BCUT2D eigenvalue weighted by molar-refractivity contribution is -0.130. The van der Waals surface area contributed by atoms with Crippen LogP contribution >= 0.6 is 0 Å². The average Bonchev–Trinajstić information content (AvgIpc) is 2.71. The Hall–Kier alpha value is -2.40. The van der Waals surface area contributed by atoms with Gasteiger partial charge in [-0.05, 0) is 30.3 Å². The molecule has 5 heteroatoms. The summed E-state index contributed by atoms with van der Waals surface area (Å²) in [5.41, 5.74) is 0.136. The molecule has 3 rings (SSSR count). The first-order chi connectivity index (χ1) is 10.5. The number of urea groups is 1. The van der Waals surface area contributed by atoms with Crippen molar-refractivity contribution in [1.82, 2.24) is 15.5 Å². The van der Waals surface area contributed by atoms with E-state index in [2.05, 4.69) is 22.8 Å². The van der Waals surface area contributed by atoms with Crippen molar-refractivity contribution in [2.45, 2.75) is 18.9 Å². The largest absolute Gasteiger partial charge is 0.326 e. The van der Waals surface area contributed by atoms with Gasteiger partial charge in [-0.2, -0.15) is 0 Å². The molecule has 1 saturated heterocycles. The van der Waals surface area contributed by atoms with Crippen LogP contribution in [0.25, 0.3) is 10.8 Å². The van der Waals surface area contributed by atoms with Gasteiger partial charge in [0, 0.05) is 6.42 Å². The highest BCUT2D eigenvalue weighted by molar-refractivity contribution is 6.07. The normalized spacial score (nSPS) is 21.5. The zero-order chi connectivity index (χ0) is 15.7. The number of hydrogen-bond acceptors (Lipinski definition) is 3. The number of fused-ring (bicyclic) bond motifs is 1. The first-order valence-corrected chi connectivity index (χ1v) is 7.30. The molecule has 1 heterocycles. The Balaban J connectivity index is 1.87. The highest BCUT2D eigenvalue weighted by Crippen LogP contribution is 2.24. The molecule has 0 spiro atoms.